The summed E-state index contributed by atoms with van der Waals surface area (Å²) in [4.78, 5) is 6.85. The fraction of sp³-hybridized carbons (Fsp3) is 0.583. The monoisotopic (exact) mass is 226 g/mol. The molecule has 3 heteroatoms. The van der Waals surface area contributed by atoms with E-state index in [2.05, 4.69) is 36.7 Å². The van der Waals surface area contributed by atoms with Gasteiger partial charge in [0.15, 0.2) is 0 Å². The molecule has 0 atom stereocenters. The summed E-state index contributed by atoms with van der Waals surface area (Å²) in [5.41, 5.74) is 2.14. The molecule has 1 heterocycles. The van der Waals surface area contributed by atoms with E-state index in [-0.39, 0.29) is 0 Å². The van der Waals surface area contributed by atoms with E-state index in [1.54, 1.807) is 0 Å². The molecule has 0 N–H and O–H groups in total. The van der Waals surface area contributed by atoms with E-state index < -0.39 is 0 Å². The highest BCUT2D eigenvalue weighted by Crippen LogP contribution is 2.17. The van der Waals surface area contributed by atoms with Crippen molar-refractivity contribution >= 4 is 17.4 Å². The predicted octanol–water partition coefficient (Wildman–Crippen LogP) is 3.36. The molecule has 0 amide bonds. The second kappa shape index (κ2) is 5.36. The van der Waals surface area contributed by atoms with Gasteiger partial charge in [0.25, 0.3) is 0 Å². The van der Waals surface area contributed by atoms with Crippen molar-refractivity contribution in [2.24, 2.45) is 0 Å². The minimum atomic E-state index is 0.476. The normalized spacial score (nSPS) is 10.8. The van der Waals surface area contributed by atoms with Crippen LogP contribution >= 0.6 is 11.6 Å². The van der Waals surface area contributed by atoms with Gasteiger partial charge in [-0.15, -0.1) is 11.6 Å². The molecule has 1 aromatic rings. The van der Waals surface area contributed by atoms with Gasteiger partial charge >= 0.3 is 0 Å². The van der Waals surface area contributed by atoms with Crippen molar-refractivity contribution in [2.45, 2.75) is 39.6 Å². The molecule has 2 nitrogen and oxygen atoms in total. The molecule has 15 heavy (non-hydrogen) atoms. The Hall–Kier alpha value is -0.760. The van der Waals surface area contributed by atoms with Crippen LogP contribution in [-0.4, -0.2) is 17.6 Å². The number of rotatable bonds is 4. The summed E-state index contributed by atoms with van der Waals surface area (Å²) in [6, 6.07) is 4.59. The lowest BCUT2D eigenvalue weighted by molar-refractivity contribution is 0.692. The molecule has 0 aromatic carbocycles. The Kier molecular flexibility index (Phi) is 4.40. The zero-order valence-corrected chi connectivity index (χ0v) is 10.7. The zero-order chi connectivity index (χ0) is 11.4. The number of hydrogen-bond acceptors (Lipinski definition) is 2. The van der Waals surface area contributed by atoms with Crippen LogP contribution in [0.1, 0.15) is 32.0 Å². The molecule has 0 spiro atoms. The predicted molar refractivity (Wildman–Crippen MR) is 66.7 cm³/mol. The van der Waals surface area contributed by atoms with Crippen molar-refractivity contribution in [3.63, 3.8) is 0 Å². The van der Waals surface area contributed by atoms with Crippen LogP contribution < -0.4 is 4.90 Å². The standard InChI is InChI=1S/C12H19ClN2/c1-5-15(9(2)3)12-7-6-11(8-13)10(4)14-12/h6-7,9H,5,8H2,1-4H3. The lowest BCUT2D eigenvalue weighted by Crippen LogP contribution is -2.31. The number of hydrogen-bond donors (Lipinski definition) is 0. The summed E-state index contributed by atoms with van der Waals surface area (Å²) in [6.45, 7) is 9.48. The summed E-state index contributed by atoms with van der Waals surface area (Å²) in [5.74, 6) is 1.58. The Morgan fingerprint density at radius 2 is 2.07 bits per heavy atom. The lowest BCUT2D eigenvalue weighted by Gasteiger charge is -2.26. The summed E-state index contributed by atoms with van der Waals surface area (Å²) in [6.07, 6.45) is 0. The molecule has 0 bridgehead atoms. The van der Waals surface area contributed by atoms with Crippen molar-refractivity contribution < 1.29 is 0 Å². The Labute approximate surface area is 97.3 Å². The molecule has 1 aromatic heterocycles. The molecular weight excluding hydrogens is 208 g/mol. The Morgan fingerprint density at radius 1 is 1.40 bits per heavy atom. The fourth-order valence-electron chi connectivity index (χ4n) is 1.67. The first kappa shape index (κ1) is 12.3. The van der Waals surface area contributed by atoms with Crippen LogP contribution in [0.4, 0.5) is 5.82 Å². The van der Waals surface area contributed by atoms with Gasteiger partial charge in [-0.05, 0) is 39.3 Å². The smallest absolute Gasteiger partial charge is 0.129 e. The first-order valence-corrected chi connectivity index (χ1v) is 5.92. The van der Waals surface area contributed by atoms with Crippen molar-refractivity contribution in [3.05, 3.63) is 23.4 Å². The van der Waals surface area contributed by atoms with Crippen molar-refractivity contribution in [1.82, 2.24) is 4.98 Å². The summed E-state index contributed by atoms with van der Waals surface area (Å²) in [7, 11) is 0. The van der Waals surface area contributed by atoms with Gasteiger partial charge in [0.2, 0.25) is 0 Å². The van der Waals surface area contributed by atoms with Crippen LogP contribution in [0.15, 0.2) is 12.1 Å². The van der Waals surface area contributed by atoms with Crippen LogP contribution in [0, 0.1) is 6.92 Å². The molecule has 0 saturated heterocycles. The Bertz CT molecular complexity index is 323. The summed E-state index contributed by atoms with van der Waals surface area (Å²) < 4.78 is 0. The maximum absolute atomic E-state index is 5.81. The van der Waals surface area contributed by atoms with Gasteiger partial charge in [-0.25, -0.2) is 4.98 Å². The second-order valence-electron chi connectivity index (χ2n) is 3.93. The van der Waals surface area contributed by atoms with Gasteiger partial charge in [0.1, 0.15) is 5.82 Å². The first-order valence-electron chi connectivity index (χ1n) is 5.39. The second-order valence-corrected chi connectivity index (χ2v) is 4.19. The highest BCUT2D eigenvalue weighted by molar-refractivity contribution is 6.17. The molecule has 0 fully saturated rings. The molecule has 0 aliphatic heterocycles. The molecular formula is C12H19ClN2. The number of alkyl halides is 1. The minimum absolute atomic E-state index is 0.476. The van der Waals surface area contributed by atoms with Gasteiger partial charge in [0, 0.05) is 24.2 Å². The van der Waals surface area contributed by atoms with Crippen LogP contribution in [0.3, 0.4) is 0 Å². The van der Waals surface area contributed by atoms with E-state index in [0.717, 1.165) is 23.6 Å². The van der Waals surface area contributed by atoms with E-state index in [1.165, 1.54) is 0 Å². The van der Waals surface area contributed by atoms with Gasteiger partial charge in [-0.2, -0.15) is 0 Å². The first-order chi connectivity index (χ1) is 7.10. The molecule has 0 aliphatic carbocycles. The third-order valence-corrected chi connectivity index (χ3v) is 2.87. The van der Waals surface area contributed by atoms with Gasteiger partial charge in [0.05, 0.1) is 0 Å². The van der Waals surface area contributed by atoms with Crippen LogP contribution in [0.25, 0.3) is 0 Å². The summed E-state index contributed by atoms with van der Waals surface area (Å²) >= 11 is 5.81. The maximum atomic E-state index is 5.81. The molecule has 0 saturated carbocycles. The molecule has 84 valence electrons. The zero-order valence-electron chi connectivity index (χ0n) is 9.92. The van der Waals surface area contributed by atoms with E-state index in [1.807, 2.05) is 13.0 Å². The van der Waals surface area contributed by atoms with Crippen molar-refractivity contribution in [2.75, 3.05) is 11.4 Å². The fourth-order valence-corrected chi connectivity index (χ4v) is 1.95. The minimum Gasteiger partial charge on any atom is -0.354 e. The van der Waals surface area contributed by atoms with Gasteiger partial charge < -0.3 is 4.90 Å². The maximum Gasteiger partial charge on any atom is 0.129 e. The number of nitrogens with zero attached hydrogens (tertiary/aromatic N) is 2. The molecule has 0 unspecified atom stereocenters. The average Bonchev–Trinajstić information content (AvgIpc) is 2.18. The van der Waals surface area contributed by atoms with E-state index >= 15 is 0 Å². The van der Waals surface area contributed by atoms with Crippen molar-refractivity contribution in [1.29, 1.82) is 0 Å². The average molecular weight is 227 g/mol. The number of aryl methyl sites for hydroxylation is 1. The molecule has 1 rings (SSSR count). The molecule has 0 aliphatic rings. The van der Waals surface area contributed by atoms with Crippen molar-refractivity contribution in [3.8, 4) is 0 Å². The largest absolute Gasteiger partial charge is 0.354 e. The highest BCUT2D eigenvalue weighted by Gasteiger charge is 2.10. The van der Waals surface area contributed by atoms with E-state index in [4.69, 9.17) is 11.6 Å². The van der Waals surface area contributed by atoms with E-state index in [9.17, 15) is 0 Å². The number of halogens is 1. The number of anilines is 1. The number of pyridine rings is 1. The van der Waals surface area contributed by atoms with Crippen LogP contribution in [0.2, 0.25) is 0 Å². The lowest BCUT2D eigenvalue weighted by atomic mass is 10.2. The SMILES string of the molecule is CCN(c1ccc(CCl)c(C)n1)C(C)C. The topological polar surface area (TPSA) is 16.1 Å². The van der Waals surface area contributed by atoms with Gasteiger partial charge in [-0.1, -0.05) is 6.07 Å². The summed E-state index contributed by atoms with van der Waals surface area (Å²) in [5, 5.41) is 0. The Morgan fingerprint density at radius 3 is 2.47 bits per heavy atom. The Balaban J connectivity index is 3.00. The van der Waals surface area contributed by atoms with Gasteiger partial charge in [-0.3, -0.25) is 0 Å². The number of aromatic nitrogens is 1. The quantitative estimate of drug-likeness (QED) is 0.732. The van der Waals surface area contributed by atoms with E-state index in [0.29, 0.717) is 11.9 Å². The van der Waals surface area contributed by atoms with Crippen LogP contribution in [0.5, 0.6) is 0 Å². The highest BCUT2D eigenvalue weighted by atomic mass is 35.5. The third-order valence-electron chi connectivity index (χ3n) is 2.58. The molecule has 0 radical (unpaired) electrons. The van der Waals surface area contributed by atoms with Crippen LogP contribution in [-0.2, 0) is 5.88 Å². The third kappa shape index (κ3) is 2.85.